The van der Waals surface area contributed by atoms with Crippen molar-refractivity contribution in [2.24, 2.45) is 0 Å². The molecule has 0 fully saturated rings. The molecule has 88 valence electrons. The minimum atomic E-state index is -0.533. The summed E-state index contributed by atoms with van der Waals surface area (Å²) in [6.07, 6.45) is -0.533. The summed E-state index contributed by atoms with van der Waals surface area (Å²) in [5.41, 5.74) is 5.51. The van der Waals surface area contributed by atoms with E-state index in [1.807, 2.05) is 43.3 Å². The highest BCUT2D eigenvalue weighted by atomic mass is 16.3. The maximum atomic E-state index is 10.4. The molecule has 0 aromatic heterocycles. The van der Waals surface area contributed by atoms with Gasteiger partial charge in [-0.15, -0.1) is 0 Å². The summed E-state index contributed by atoms with van der Waals surface area (Å²) in [5.74, 6) is 0. The first-order chi connectivity index (χ1) is 8.09. The first-order valence-electron chi connectivity index (χ1n) is 5.90. The molecule has 2 aromatic rings. The Balaban J connectivity index is 2.44. The summed E-state index contributed by atoms with van der Waals surface area (Å²) in [6.45, 7) is 6.17. The molecular weight excluding hydrogens is 208 g/mol. The van der Waals surface area contributed by atoms with Gasteiger partial charge in [-0.25, -0.2) is 0 Å². The Hall–Kier alpha value is -1.60. The number of aliphatic hydroxyl groups excluding tert-OH is 1. The fourth-order valence-corrected chi connectivity index (χ4v) is 2.09. The van der Waals surface area contributed by atoms with Crippen molar-refractivity contribution in [2.75, 3.05) is 0 Å². The predicted octanol–water partition coefficient (Wildman–Crippen LogP) is 3.69. The van der Waals surface area contributed by atoms with Gasteiger partial charge < -0.3 is 5.11 Å². The van der Waals surface area contributed by atoms with E-state index >= 15 is 0 Å². The van der Waals surface area contributed by atoms with Crippen LogP contribution in [0.2, 0.25) is 0 Å². The summed E-state index contributed by atoms with van der Waals surface area (Å²) in [4.78, 5) is 0. The lowest BCUT2D eigenvalue weighted by molar-refractivity contribution is 0.219. The van der Waals surface area contributed by atoms with Crippen LogP contribution in [-0.4, -0.2) is 5.11 Å². The van der Waals surface area contributed by atoms with Crippen LogP contribution in [0.25, 0.3) is 0 Å². The standard InChI is InChI=1S/C16H18O/c1-11-6-4-8-14(10-11)16(17)15-9-5-7-12(2)13(15)3/h4-10,16-17H,1-3H3. The number of hydrogen-bond acceptors (Lipinski definition) is 1. The minimum Gasteiger partial charge on any atom is -0.384 e. The summed E-state index contributed by atoms with van der Waals surface area (Å²) in [7, 11) is 0. The summed E-state index contributed by atoms with van der Waals surface area (Å²) >= 11 is 0. The van der Waals surface area contributed by atoms with Crippen molar-refractivity contribution in [3.05, 3.63) is 70.3 Å². The van der Waals surface area contributed by atoms with Gasteiger partial charge in [-0.2, -0.15) is 0 Å². The van der Waals surface area contributed by atoms with Crippen LogP contribution in [0.15, 0.2) is 42.5 Å². The molecule has 17 heavy (non-hydrogen) atoms. The average molecular weight is 226 g/mol. The first kappa shape index (κ1) is 11.9. The molecule has 0 amide bonds. The van der Waals surface area contributed by atoms with Crippen LogP contribution in [0.4, 0.5) is 0 Å². The molecule has 1 heteroatoms. The molecule has 1 atom stereocenters. The minimum absolute atomic E-state index is 0.533. The molecule has 0 radical (unpaired) electrons. The van der Waals surface area contributed by atoms with Gasteiger partial charge in [-0.05, 0) is 43.0 Å². The lowest BCUT2D eigenvalue weighted by Crippen LogP contribution is -2.03. The second kappa shape index (κ2) is 4.72. The van der Waals surface area contributed by atoms with Crippen molar-refractivity contribution in [3.8, 4) is 0 Å². The maximum Gasteiger partial charge on any atom is 0.104 e. The van der Waals surface area contributed by atoms with Crippen molar-refractivity contribution in [3.63, 3.8) is 0 Å². The zero-order valence-electron chi connectivity index (χ0n) is 10.6. The molecule has 0 saturated heterocycles. The van der Waals surface area contributed by atoms with Crippen LogP contribution < -0.4 is 0 Å². The Kier molecular flexibility index (Phi) is 3.30. The highest BCUT2D eigenvalue weighted by Gasteiger charge is 2.13. The van der Waals surface area contributed by atoms with Gasteiger partial charge in [0, 0.05) is 0 Å². The Morgan fingerprint density at radius 1 is 0.941 bits per heavy atom. The second-order valence-corrected chi connectivity index (χ2v) is 4.61. The quantitative estimate of drug-likeness (QED) is 0.828. The second-order valence-electron chi connectivity index (χ2n) is 4.61. The molecule has 1 nitrogen and oxygen atoms in total. The number of aliphatic hydroxyl groups is 1. The van der Waals surface area contributed by atoms with Gasteiger partial charge in [-0.3, -0.25) is 0 Å². The van der Waals surface area contributed by atoms with E-state index < -0.39 is 6.10 Å². The highest BCUT2D eigenvalue weighted by molar-refractivity contribution is 5.40. The molecule has 0 aliphatic rings. The third kappa shape index (κ3) is 2.40. The molecule has 0 spiro atoms. The molecule has 0 aliphatic carbocycles. The van der Waals surface area contributed by atoms with Crippen molar-refractivity contribution in [1.29, 1.82) is 0 Å². The SMILES string of the molecule is Cc1cccc(C(O)c2cccc(C)c2C)c1. The van der Waals surface area contributed by atoms with Gasteiger partial charge in [0.25, 0.3) is 0 Å². The average Bonchev–Trinajstić information content (AvgIpc) is 2.32. The normalized spacial score (nSPS) is 12.5. The molecular formula is C16H18O. The predicted molar refractivity (Wildman–Crippen MR) is 71.2 cm³/mol. The number of rotatable bonds is 2. The van der Waals surface area contributed by atoms with Crippen LogP contribution >= 0.6 is 0 Å². The Morgan fingerprint density at radius 2 is 1.65 bits per heavy atom. The largest absolute Gasteiger partial charge is 0.384 e. The van der Waals surface area contributed by atoms with Crippen LogP contribution in [-0.2, 0) is 0 Å². The maximum absolute atomic E-state index is 10.4. The fourth-order valence-electron chi connectivity index (χ4n) is 2.09. The van der Waals surface area contributed by atoms with E-state index in [0.717, 1.165) is 11.1 Å². The Bertz CT molecular complexity index is 529. The molecule has 0 heterocycles. The molecule has 0 bridgehead atoms. The molecule has 0 aliphatic heterocycles. The van der Waals surface area contributed by atoms with Gasteiger partial charge in [0.1, 0.15) is 6.10 Å². The van der Waals surface area contributed by atoms with Crippen molar-refractivity contribution < 1.29 is 5.11 Å². The molecule has 0 saturated carbocycles. The van der Waals surface area contributed by atoms with E-state index in [9.17, 15) is 5.11 Å². The van der Waals surface area contributed by atoms with Crippen molar-refractivity contribution in [2.45, 2.75) is 26.9 Å². The van der Waals surface area contributed by atoms with Gasteiger partial charge in [-0.1, -0.05) is 48.0 Å². The van der Waals surface area contributed by atoms with E-state index in [2.05, 4.69) is 19.9 Å². The number of benzene rings is 2. The Morgan fingerprint density at radius 3 is 2.35 bits per heavy atom. The molecule has 1 unspecified atom stereocenters. The first-order valence-corrected chi connectivity index (χ1v) is 5.90. The number of aryl methyl sites for hydroxylation is 2. The van der Waals surface area contributed by atoms with E-state index in [1.54, 1.807) is 0 Å². The summed E-state index contributed by atoms with van der Waals surface area (Å²) < 4.78 is 0. The van der Waals surface area contributed by atoms with Crippen LogP contribution in [0.3, 0.4) is 0 Å². The lowest BCUT2D eigenvalue weighted by Gasteiger charge is -2.16. The van der Waals surface area contributed by atoms with Gasteiger partial charge in [0.2, 0.25) is 0 Å². The number of hydrogen-bond donors (Lipinski definition) is 1. The van der Waals surface area contributed by atoms with E-state index in [4.69, 9.17) is 0 Å². The zero-order chi connectivity index (χ0) is 12.4. The third-order valence-corrected chi connectivity index (χ3v) is 3.30. The zero-order valence-corrected chi connectivity index (χ0v) is 10.6. The monoisotopic (exact) mass is 226 g/mol. The van der Waals surface area contributed by atoms with Crippen LogP contribution in [0.5, 0.6) is 0 Å². The van der Waals surface area contributed by atoms with E-state index in [-0.39, 0.29) is 0 Å². The topological polar surface area (TPSA) is 20.2 Å². The van der Waals surface area contributed by atoms with Gasteiger partial charge in [0.05, 0.1) is 0 Å². The van der Waals surface area contributed by atoms with E-state index in [0.29, 0.717) is 0 Å². The van der Waals surface area contributed by atoms with Crippen LogP contribution in [0, 0.1) is 20.8 Å². The van der Waals surface area contributed by atoms with E-state index in [1.165, 1.54) is 16.7 Å². The van der Waals surface area contributed by atoms with Crippen molar-refractivity contribution >= 4 is 0 Å². The third-order valence-electron chi connectivity index (χ3n) is 3.30. The summed E-state index contributed by atoms with van der Waals surface area (Å²) in [5, 5.41) is 10.4. The smallest absolute Gasteiger partial charge is 0.104 e. The molecule has 2 rings (SSSR count). The molecule has 1 N–H and O–H groups in total. The van der Waals surface area contributed by atoms with Gasteiger partial charge >= 0.3 is 0 Å². The lowest BCUT2D eigenvalue weighted by atomic mass is 9.94. The van der Waals surface area contributed by atoms with Crippen LogP contribution in [0.1, 0.15) is 33.9 Å². The van der Waals surface area contributed by atoms with Crippen molar-refractivity contribution in [1.82, 2.24) is 0 Å². The van der Waals surface area contributed by atoms with Gasteiger partial charge in [0.15, 0.2) is 0 Å². The molecule has 2 aromatic carbocycles. The highest BCUT2D eigenvalue weighted by Crippen LogP contribution is 2.26. The fraction of sp³-hybridized carbons (Fsp3) is 0.250. The summed E-state index contributed by atoms with van der Waals surface area (Å²) in [6, 6.07) is 14.1. The Labute approximate surface area is 103 Å².